The van der Waals surface area contributed by atoms with Crippen LogP contribution in [-0.2, 0) is 0 Å². The smallest absolute Gasteiger partial charge is 0.0951 e. The molecule has 72 valence electrons. The number of nitrogens with zero attached hydrogens (tertiary/aromatic N) is 2. The van der Waals surface area contributed by atoms with Gasteiger partial charge >= 0.3 is 0 Å². The van der Waals surface area contributed by atoms with Gasteiger partial charge in [-0.15, -0.1) is 0 Å². The van der Waals surface area contributed by atoms with Gasteiger partial charge in [-0.3, -0.25) is 0 Å². The van der Waals surface area contributed by atoms with E-state index in [4.69, 9.17) is 0 Å². The van der Waals surface area contributed by atoms with Gasteiger partial charge in [0.15, 0.2) is 0 Å². The molecule has 2 rings (SSSR count). The molecule has 1 aromatic heterocycles. The fourth-order valence-electron chi connectivity index (χ4n) is 2.18. The van der Waals surface area contributed by atoms with Gasteiger partial charge in [0.05, 0.1) is 12.0 Å². The molecule has 2 heteroatoms. The van der Waals surface area contributed by atoms with Crippen LogP contribution in [0.2, 0.25) is 0 Å². The molecule has 1 fully saturated rings. The lowest BCUT2D eigenvalue weighted by Gasteiger charge is -2.26. The van der Waals surface area contributed by atoms with E-state index in [1.165, 1.54) is 25.7 Å². The van der Waals surface area contributed by atoms with E-state index in [-0.39, 0.29) is 0 Å². The summed E-state index contributed by atoms with van der Waals surface area (Å²) in [5.41, 5.74) is 1.14. The van der Waals surface area contributed by atoms with Crippen LogP contribution in [0.4, 0.5) is 0 Å². The molecule has 1 saturated carbocycles. The number of rotatable bonds is 1. The van der Waals surface area contributed by atoms with Crippen molar-refractivity contribution < 1.29 is 0 Å². The van der Waals surface area contributed by atoms with Crippen molar-refractivity contribution in [3.05, 3.63) is 18.2 Å². The molecule has 2 nitrogen and oxygen atoms in total. The van der Waals surface area contributed by atoms with Crippen molar-refractivity contribution >= 4 is 0 Å². The van der Waals surface area contributed by atoms with Crippen LogP contribution in [-0.4, -0.2) is 9.55 Å². The number of hydrogen-bond acceptors (Lipinski definition) is 1. The fraction of sp³-hybridized carbons (Fsp3) is 0.727. The summed E-state index contributed by atoms with van der Waals surface area (Å²) >= 11 is 0. The largest absolute Gasteiger partial charge is 0.334 e. The Morgan fingerprint density at radius 1 is 1.31 bits per heavy atom. The molecule has 0 saturated heterocycles. The summed E-state index contributed by atoms with van der Waals surface area (Å²) < 4.78 is 2.29. The first-order valence-electron chi connectivity index (χ1n) is 5.26. The van der Waals surface area contributed by atoms with Gasteiger partial charge in [0, 0.05) is 12.2 Å². The lowest BCUT2D eigenvalue weighted by Crippen LogP contribution is -2.15. The topological polar surface area (TPSA) is 17.8 Å². The Morgan fingerprint density at radius 2 is 2.00 bits per heavy atom. The van der Waals surface area contributed by atoms with Crippen molar-refractivity contribution in [1.82, 2.24) is 9.55 Å². The Kier molecular flexibility index (Phi) is 2.38. The Balaban J connectivity index is 2.02. The normalized spacial score (nSPS) is 29.1. The van der Waals surface area contributed by atoms with Gasteiger partial charge in [-0.25, -0.2) is 4.98 Å². The van der Waals surface area contributed by atoms with Gasteiger partial charge in [0.25, 0.3) is 0 Å². The molecule has 0 aliphatic heterocycles. The summed E-state index contributed by atoms with van der Waals surface area (Å²) in [4.78, 5) is 4.27. The van der Waals surface area contributed by atoms with Crippen molar-refractivity contribution in [2.75, 3.05) is 0 Å². The molecule has 0 radical (unpaired) electrons. The summed E-state index contributed by atoms with van der Waals surface area (Å²) in [6.45, 7) is 4.41. The van der Waals surface area contributed by atoms with Crippen LogP contribution in [0.1, 0.15) is 44.3 Å². The van der Waals surface area contributed by atoms with Gasteiger partial charge in [0.1, 0.15) is 0 Å². The summed E-state index contributed by atoms with van der Waals surface area (Å²) in [5.74, 6) is 0.931. The van der Waals surface area contributed by atoms with E-state index in [1.807, 2.05) is 6.33 Å². The Labute approximate surface area is 80.0 Å². The zero-order valence-electron chi connectivity index (χ0n) is 8.53. The van der Waals surface area contributed by atoms with Crippen LogP contribution >= 0.6 is 0 Å². The number of aromatic nitrogens is 2. The maximum absolute atomic E-state index is 4.27. The summed E-state index contributed by atoms with van der Waals surface area (Å²) in [6.07, 6.45) is 9.56. The molecule has 1 aliphatic rings. The number of imidazole rings is 1. The molecule has 0 atom stereocenters. The first kappa shape index (κ1) is 8.79. The number of hydrogen-bond donors (Lipinski definition) is 0. The molecule has 0 spiro atoms. The highest BCUT2D eigenvalue weighted by Crippen LogP contribution is 2.31. The van der Waals surface area contributed by atoms with Gasteiger partial charge < -0.3 is 4.57 Å². The molecular formula is C11H18N2. The second kappa shape index (κ2) is 3.52. The Hall–Kier alpha value is -0.790. The second-order valence-electron chi connectivity index (χ2n) is 4.38. The molecule has 0 N–H and O–H groups in total. The maximum atomic E-state index is 4.27. The minimum atomic E-state index is 0.720. The van der Waals surface area contributed by atoms with Crippen molar-refractivity contribution in [3.63, 3.8) is 0 Å². The highest BCUT2D eigenvalue weighted by Gasteiger charge is 2.18. The molecular weight excluding hydrogens is 160 g/mol. The van der Waals surface area contributed by atoms with Gasteiger partial charge in [-0.2, -0.15) is 0 Å². The molecule has 1 heterocycles. The third-order valence-electron chi connectivity index (χ3n) is 3.14. The molecule has 0 aromatic carbocycles. The van der Waals surface area contributed by atoms with Crippen molar-refractivity contribution in [1.29, 1.82) is 0 Å². The highest BCUT2D eigenvalue weighted by molar-refractivity contribution is 4.95. The van der Waals surface area contributed by atoms with Crippen LogP contribution in [0.25, 0.3) is 0 Å². The maximum Gasteiger partial charge on any atom is 0.0951 e. The van der Waals surface area contributed by atoms with Crippen LogP contribution in [0.15, 0.2) is 12.5 Å². The van der Waals surface area contributed by atoms with E-state index >= 15 is 0 Å². The first-order valence-corrected chi connectivity index (χ1v) is 5.26. The Bertz CT molecular complexity index is 269. The number of aryl methyl sites for hydroxylation is 1. The van der Waals surface area contributed by atoms with Crippen LogP contribution in [0.3, 0.4) is 0 Å². The summed E-state index contributed by atoms with van der Waals surface area (Å²) in [7, 11) is 0. The monoisotopic (exact) mass is 178 g/mol. The summed E-state index contributed by atoms with van der Waals surface area (Å²) in [5, 5.41) is 0. The van der Waals surface area contributed by atoms with Gasteiger partial charge in [-0.05, 0) is 38.5 Å². The van der Waals surface area contributed by atoms with E-state index in [0.717, 1.165) is 17.7 Å². The first-order chi connectivity index (χ1) is 6.25. The third-order valence-corrected chi connectivity index (χ3v) is 3.14. The molecule has 1 aromatic rings. The predicted molar refractivity (Wildman–Crippen MR) is 53.6 cm³/mol. The van der Waals surface area contributed by atoms with Crippen LogP contribution in [0, 0.1) is 12.8 Å². The minimum absolute atomic E-state index is 0.720. The Morgan fingerprint density at radius 3 is 2.54 bits per heavy atom. The minimum Gasteiger partial charge on any atom is -0.334 e. The average Bonchev–Trinajstić information content (AvgIpc) is 2.53. The molecule has 1 aliphatic carbocycles. The van der Waals surface area contributed by atoms with Crippen LogP contribution < -0.4 is 0 Å². The third kappa shape index (κ3) is 1.93. The predicted octanol–water partition coefficient (Wildman–Crippen LogP) is 2.94. The van der Waals surface area contributed by atoms with E-state index < -0.39 is 0 Å². The van der Waals surface area contributed by atoms with Crippen molar-refractivity contribution in [2.45, 2.75) is 45.6 Å². The lowest BCUT2D eigenvalue weighted by atomic mass is 9.87. The fourth-order valence-corrected chi connectivity index (χ4v) is 2.18. The molecule has 13 heavy (non-hydrogen) atoms. The van der Waals surface area contributed by atoms with Crippen molar-refractivity contribution in [2.24, 2.45) is 5.92 Å². The quantitative estimate of drug-likeness (QED) is 0.646. The second-order valence-corrected chi connectivity index (χ2v) is 4.38. The molecule has 0 bridgehead atoms. The summed E-state index contributed by atoms with van der Waals surface area (Å²) in [6, 6.07) is 0.720. The molecule has 0 amide bonds. The molecule has 0 unspecified atom stereocenters. The van der Waals surface area contributed by atoms with E-state index in [0.29, 0.717) is 0 Å². The zero-order chi connectivity index (χ0) is 9.26. The van der Waals surface area contributed by atoms with Gasteiger partial charge in [-0.1, -0.05) is 6.92 Å². The lowest BCUT2D eigenvalue weighted by molar-refractivity contribution is 0.289. The van der Waals surface area contributed by atoms with E-state index in [9.17, 15) is 0 Å². The zero-order valence-corrected chi connectivity index (χ0v) is 8.53. The SMILES string of the molecule is Cc1cn([C@H]2CC[C@H](C)CC2)cn1. The van der Waals surface area contributed by atoms with Crippen molar-refractivity contribution in [3.8, 4) is 0 Å². The van der Waals surface area contributed by atoms with Crippen LogP contribution in [0.5, 0.6) is 0 Å². The standard InChI is InChI=1S/C11H18N2/c1-9-3-5-11(6-4-9)13-7-10(2)12-8-13/h7-9,11H,3-6H2,1-2H3/t9-,11-. The van der Waals surface area contributed by atoms with E-state index in [1.54, 1.807) is 0 Å². The average molecular weight is 178 g/mol. The van der Waals surface area contributed by atoms with Gasteiger partial charge in [0.2, 0.25) is 0 Å². The highest BCUT2D eigenvalue weighted by atomic mass is 15.1. The van der Waals surface area contributed by atoms with E-state index in [2.05, 4.69) is 29.6 Å².